The minimum Gasteiger partial charge on any atom is -0.383 e. The third-order valence-electron chi connectivity index (χ3n) is 2.39. The molecule has 2 rings (SSSR count). The van der Waals surface area contributed by atoms with Crippen LogP contribution in [0.4, 0.5) is 5.82 Å². The van der Waals surface area contributed by atoms with Crippen LogP contribution in [0.1, 0.15) is 11.3 Å². The maximum atomic E-state index is 6.03. The van der Waals surface area contributed by atoms with Gasteiger partial charge in [-0.3, -0.25) is 0 Å². The van der Waals surface area contributed by atoms with Gasteiger partial charge in [-0.25, -0.2) is 4.98 Å². The van der Waals surface area contributed by atoms with Gasteiger partial charge >= 0.3 is 0 Å². The van der Waals surface area contributed by atoms with Crippen molar-refractivity contribution in [2.24, 2.45) is 0 Å². The molecule has 0 fully saturated rings. The number of hydrogen-bond acceptors (Lipinski definition) is 3. The van der Waals surface area contributed by atoms with Crippen molar-refractivity contribution < 1.29 is 0 Å². The zero-order chi connectivity index (χ0) is 11.9. The van der Waals surface area contributed by atoms with Crippen molar-refractivity contribution in [2.75, 3.05) is 5.73 Å². The number of nitrogens with zero attached hydrogens (tertiary/aromatic N) is 3. The van der Waals surface area contributed by atoms with E-state index in [1.807, 2.05) is 13.8 Å². The Labute approximate surface area is 103 Å². The number of anilines is 1. The first-order chi connectivity index (χ1) is 7.50. The second kappa shape index (κ2) is 3.96. The topological polar surface area (TPSA) is 56.7 Å². The molecule has 2 heterocycles. The van der Waals surface area contributed by atoms with Crippen LogP contribution in [0.25, 0.3) is 5.82 Å². The molecular weight excluding hydrogens is 247 g/mol. The smallest absolute Gasteiger partial charge is 0.174 e. The van der Waals surface area contributed by atoms with Crippen molar-refractivity contribution in [1.29, 1.82) is 0 Å². The zero-order valence-corrected chi connectivity index (χ0v) is 10.3. The molecule has 2 aromatic rings. The third kappa shape index (κ3) is 1.74. The number of nitrogens with two attached hydrogens (primary N) is 1. The monoisotopic (exact) mass is 256 g/mol. The lowest BCUT2D eigenvalue weighted by Crippen LogP contribution is -2.05. The summed E-state index contributed by atoms with van der Waals surface area (Å²) < 4.78 is 1.52. The molecular formula is C10H10Cl2N4. The highest BCUT2D eigenvalue weighted by Gasteiger charge is 2.13. The normalized spacial score (nSPS) is 10.8. The Morgan fingerprint density at radius 3 is 2.50 bits per heavy atom. The van der Waals surface area contributed by atoms with Crippen LogP contribution in [0.15, 0.2) is 12.3 Å². The number of pyridine rings is 1. The van der Waals surface area contributed by atoms with Crippen molar-refractivity contribution in [3.8, 4) is 5.82 Å². The molecule has 0 atom stereocenters. The van der Waals surface area contributed by atoms with Gasteiger partial charge in [0.05, 0.1) is 15.7 Å². The maximum absolute atomic E-state index is 6.03. The van der Waals surface area contributed by atoms with Crippen LogP contribution in [0.3, 0.4) is 0 Å². The van der Waals surface area contributed by atoms with Crippen LogP contribution in [0.2, 0.25) is 10.0 Å². The first-order valence-corrected chi connectivity index (χ1v) is 5.39. The average molecular weight is 257 g/mol. The van der Waals surface area contributed by atoms with E-state index >= 15 is 0 Å². The van der Waals surface area contributed by atoms with Gasteiger partial charge in [0.25, 0.3) is 0 Å². The second-order valence-electron chi connectivity index (χ2n) is 3.47. The number of aromatic nitrogens is 3. The van der Waals surface area contributed by atoms with E-state index in [0.29, 0.717) is 21.7 Å². The van der Waals surface area contributed by atoms with E-state index in [4.69, 9.17) is 28.9 Å². The van der Waals surface area contributed by atoms with Gasteiger partial charge in [0.2, 0.25) is 0 Å². The van der Waals surface area contributed by atoms with Crippen LogP contribution in [-0.2, 0) is 0 Å². The van der Waals surface area contributed by atoms with Crippen LogP contribution >= 0.6 is 23.2 Å². The second-order valence-corrected chi connectivity index (χ2v) is 4.31. The van der Waals surface area contributed by atoms with Gasteiger partial charge in [0.15, 0.2) is 5.82 Å². The summed E-state index contributed by atoms with van der Waals surface area (Å²) >= 11 is 11.8. The minimum absolute atomic E-state index is 0.418. The first kappa shape index (κ1) is 11.2. The zero-order valence-electron chi connectivity index (χ0n) is 8.83. The standard InChI is InChI=1S/C10H10Cl2N4/c1-5-6(2)15-16(9(5)13)10-8(12)3-7(11)4-14-10/h3-4H,13H2,1-2H3. The fourth-order valence-electron chi connectivity index (χ4n) is 1.35. The number of rotatable bonds is 1. The Balaban J connectivity index is 2.63. The molecule has 0 amide bonds. The summed E-state index contributed by atoms with van der Waals surface area (Å²) in [5.74, 6) is 1.02. The van der Waals surface area contributed by atoms with E-state index in [2.05, 4.69) is 10.1 Å². The number of nitrogen functional groups attached to an aromatic ring is 1. The van der Waals surface area contributed by atoms with E-state index in [9.17, 15) is 0 Å². The Kier molecular flexibility index (Phi) is 2.78. The lowest BCUT2D eigenvalue weighted by molar-refractivity contribution is 0.842. The van der Waals surface area contributed by atoms with Crippen LogP contribution in [-0.4, -0.2) is 14.8 Å². The third-order valence-corrected chi connectivity index (χ3v) is 2.88. The summed E-state index contributed by atoms with van der Waals surface area (Å²) in [6.07, 6.45) is 1.51. The van der Waals surface area contributed by atoms with Crippen LogP contribution in [0, 0.1) is 13.8 Å². The van der Waals surface area contributed by atoms with Gasteiger partial charge in [-0.1, -0.05) is 23.2 Å². The fourth-order valence-corrected chi connectivity index (χ4v) is 1.81. The molecule has 0 aliphatic heterocycles. The Morgan fingerprint density at radius 1 is 1.31 bits per heavy atom. The van der Waals surface area contributed by atoms with Gasteiger partial charge in [0, 0.05) is 11.8 Å². The lowest BCUT2D eigenvalue weighted by Gasteiger charge is -2.05. The molecule has 0 saturated carbocycles. The summed E-state index contributed by atoms with van der Waals surface area (Å²) in [6.45, 7) is 3.78. The molecule has 4 nitrogen and oxygen atoms in total. The van der Waals surface area contributed by atoms with Crippen molar-refractivity contribution in [1.82, 2.24) is 14.8 Å². The summed E-state index contributed by atoms with van der Waals surface area (Å²) in [6, 6.07) is 1.61. The van der Waals surface area contributed by atoms with Gasteiger partial charge in [-0.15, -0.1) is 0 Å². The molecule has 0 aliphatic carbocycles. The van der Waals surface area contributed by atoms with Crippen molar-refractivity contribution in [2.45, 2.75) is 13.8 Å². The number of halogens is 2. The van der Waals surface area contributed by atoms with Gasteiger partial charge in [-0.2, -0.15) is 9.78 Å². The molecule has 84 valence electrons. The van der Waals surface area contributed by atoms with Crippen molar-refractivity contribution in [3.05, 3.63) is 33.6 Å². The summed E-state index contributed by atoms with van der Waals surface area (Å²) in [4.78, 5) is 4.12. The highest BCUT2D eigenvalue weighted by molar-refractivity contribution is 6.35. The molecule has 16 heavy (non-hydrogen) atoms. The molecule has 0 unspecified atom stereocenters. The molecule has 0 aliphatic rings. The number of aryl methyl sites for hydroxylation is 1. The Hall–Kier alpha value is -1.26. The maximum Gasteiger partial charge on any atom is 0.174 e. The van der Waals surface area contributed by atoms with Crippen molar-refractivity contribution >= 4 is 29.0 Å². The van der Waals surface area contributed by atoms with E-state index in [0.717, 1.165) is 11.3 Å². The Bertz CT molecular complexity index is 548. The lowest BCUT2D eigenvalue weighted by atomic mass is 10.3. The highest BCUT2D eigenvalue weighted by Crippen LogP contribution is 2.25. The summed E-state index contributed by atoms with van der Waals surface area (Å²) in [5.41, 5.74) is 7.69. The van der Waals surface area contributed by atoms with E-state index < -0.39 is 0 Å². The van der Waals surface area contributed by atoms with Crippen LogP contribution < -0.4 is 5.73 Å². The molecule has 0 saturated heterocycles. The predicted octanol–water partition coefficient (Wildman–Crippen LogP) is 2.77. The quantitative estimate of drug-likeness (QED) is 0.854. The summed E-state index contributed by atoms with van der Waals surface area (Å²) in [7, 11) is 0. The molecule has 0 bridgehead atoms. The van der Waals surface area contributed by atoms with Gasteiger partial charge in [0.1, 0.15) is 5.82 Å². The van der Waals surface area contributed by atoms with Crippen molar-refractivity contribution in [3.63, 3.8) is 0 Å². The molecule has 6 heteroatoms. The average Bonchev–Trinajstić information content (AvgIpc) is 2.46. The highest BCUT2D eigenvalue weighted by atomic mass is 35.5. The summed E-state index contributed by atoms with van der Waals surface area (Å²) in [5, 5.41) is 5.17. The van der Waals surface area contributed by atoms with Crippen LogP contribution in [0.5, 0.6) is 0 Å². The van der Waals surface area contributed by atoms with E-state index in [1.54, 1.807) is 6.07 Å². The SMILES string of the molecule is Cc1nn(-c2ncc(Cl)cc2Cl)c(N)c1C. The van der Waals surface area contributed by atoms with E-state index in [-0.39, 0.29) is 0 Å². The molecule has 2 aromatic heterocycles. The molecule has 0 aromatic carbocycles. The van der Waals surface area contributed by atoms with Gasteiger partial charge in [-0.05, 0) is 19.9 Å². The molecule has 0 radical (unpaired) electrons. The van der Waals surface area contributed by atoms with E-state index in [1.165, 1.54) is 10.9 Å². The largest absolute Gasteiger partial charge is 0.383 e. The fraction of sp³-hybridized carbons (Fsp3) is 0.200. The predicted molar refractivity (Wildman–Crippen MR) is 65.3 cm³/mol. The molecule has 0 spiro atoms. The minimum atomic E-state index is 0.418. The first-order valence-electron chi connectivity index (χ1n) is 4.64. The van der Waals surface area contributed by atoms with Gasteiger partial charge < -0.3 is 5.73 Å². The number of hydrogen-bond donors (Lipinski definition) is 1. The Morgan fingerprint density at radius 2 is 2.00 bits per heavy atom. The molecule has 2 N–H and O–H groups in total.